The van der Waals surface area contributed by atoms with Gasteiger partial charge in [-0.1, -0.05) is 32.4 Å². The number of rotatable bonds is 5. The van der Waals surface area contributed by atoms with Gasteiger partial charge in [0.15, 0.2) is 8.32 Å². The van der Waals surface area contributed by atoms with Crippen molar-refractivity contribution in [3.8, 4) is 0 Å². The Balaban J connectivity index is 2.61. The van der Waals surface area contributed by atoms with Crippen molar-refractivity contribution in [2.24, 2.45) is 0 Å². The lowest BCUT2D eigenvalue weighted by atomic mass is 9.94. The van der Waals surface area contributed by atoms with Gasteiger partial charge in [-0.3, -0.25) is 0 Å². The van der Waals surface area contributed by atoms with Gasteiger partial charge in [0.05, 0.1) is 12.6 Å². The summed E-state index contributed by atoms with van der Waals surface area (Å²) in [6.45, 7) is 11.0. The van der Waals surface area contributed by atoms with Crippen molar-refractivity contribution in [3.05, 3.63) is 0 Å². The molecule has 0 aliphatic carbocycles. The molecule has 19 heavy (non-hydrogen) atoms. The molecule has 7 heteroatoms. The van der Waals surface area contributed by atoms with Crippen molar-refractivity contribution in [3.63, 3.8) is 0 Å². The molecule has 1 fully saturated rings. The van der Waals surface area contributed by atoms with Gasteiger partial charge in [-0.05, 0) is 18.1 Å². The second-order valence-electron chi connectivity index (χ2n) is 6.40. The zero-order valence-corrected chi connectivity index (χ0v) is 14.0. The van der Waals surface area contributed by atoms with E-state index in [1.807, 2.05) is 0 Å². The molecule has 4 atom stereocenters. The van der Waals surface area contributed by atoms with E-state index in [9.17, 15) is 4.39 Å². The lowest BCUT2D eigenvalue weighted by molar-refractivity contribution is -0.0280. The molecule has 3 nitrogen and oxygen atoms in total. The van der Waals surface area contributed by atoms with Crippen LogP contribution in [0, 0.1) is 0 Å². The fraction of sp³-hybridized carbons (Fsp3) is 1.00. The first-order valence-corrected chi connectivity index (χ1v) is 9.91. The predicted octanol–water partition coefficient (Wildman–Crippen LogP) is 2.82. The van der Waals surface area contributed by atoms with Crippen LogP contribution >= 0.6 is 11.6 Å². The Bertz CT molecular complexity index is 301. The zero-order valence-electron chi connectivity index (χ0n) is 12.3. The molecule has 3 unspecified atom stereocenters. The third-order valence-corrected chi connectivity index (χ3v) is 8.62. The minimum Gasteiger partial charge on any atom is -0.414 e. The topological polar surface area (TPSA) is 27.7 Å². The molecule has 1 aliphatic rings. The monoisotopic (exact) mass is 308 g/mol. The normalized spacial score (nSPS) is 32.8. The van der Waals surface area contributed by atoms with Gasteiger partial charge in [0.1, 0.15) is 32.3 Å². The average Bonchev–Trinajstić information content (AvgIpc) is 2.53. The maximum atomic E-state index is 13.8. The highest BCUT2D eigenvalue weighted by Gasteiger charge is 2.45. The SMILES string of the molecule is [B][C@@H]1OC(CO[Si](C)(C)C(C)(C)C)C(OCCl)C1F. The fourth-order valence-electron chi connectivity index (χ4n) is 1.66. The minimum atomic E-state index is -1.90. The molecule has 0 N–H and O–H groups in total. The maximum absolute atomic E-state index is 13.8. The summed E-state index contributed by atoms with van der Waals surface area (Å²) in [5.74, 6) is 0. The Labute approximate surface area is 122 Å². The molecular weight excluding hydrogens is 285 g/mol. The molecule has 2 radical (unpaired) electrons. The quantitative estimate of drug-likeness (QED) is 0.577. The van der Waals surface area contributed by atoms with Crippen LogP contribution in [0.2, 0.25) is 18.1 Å². The van der Waals surface area contributed by atoms with Crippen LogP contribution in [0.4, 0.5) is 4.39 Å². The molecule has 0 spiro atoms. The van der Waals surface area contributed by atoms with E-state index in [0.717, 1.165) is 0 Å². The third-order valence-electron chi connectivity index (χ3n) is 4.00. The first-order valence-electron chi connectivity index (χ1n) is 6.47. The maximum Gasteiger partial charge on any atom is 0.192 e. The van der Waals surface area contributed by atoms with E-state index in [2.05, 4.69) is 33.9 Å². The van der Waals surface area contributed by atoms with Crippen LogP contribution in [0.1, 0.15) is 20.8 Å². The van der Waals surface area contributed by atoms with Crippen molar-refractivity contribution in [1.82, 2.24) is 0 Å². The summed E-state index contributed by atoms with van der Waals surface area (Å²) in [4.78, 5) is 0. The Hall–Kier alpha value is 0.382. The van der Waals surface area contributed by atoms with Gasteiger partial charge in [-0.2, -0.15) is 0 Å². The number of alkyl halides is 2. The molecule has 0 amide bonds. The highest BCUT2D eigenvalue weighted by molar-refractivity contribution is 6.74. The first kappa shape index (κ1) is 17.4. The summed E-state index contributed by atoms with van der Waals surface area (Å²) in [5.41, 5.74) is 0. The lowest BCUT2D eigenvalue weighted by Crippen LogP contribution is -2.44. The van der Waals surface area contributed by atoms with Crippen molar-refractivity contribution in [1.29, 1.82) is 0 Å². The Morgan fingerprint density at radius 2 is 1.95 bits per heavy atom. The summed E-state index contributed by atoms with van der Waals surface area (Å²) < 4.78 is 30.3. The van der Waals surface area contributed by atoms with E-state index >= 15 is 0 Å². The van der Waals surface area contributed by atoms with Crippen molar-refractivity contribution < 1.29 is 18.3 Å². The van der Waals surface area contributed by atoms with Crippen LogP contribution in [0.5, 0.6) is 0 Å². The summed E-state index contributed by atoms with van der Waals surface area (Å²) in [6.07, 6.45) is -2.62. The number of hydrogen-bond acceptors (Lipinski definition) is 3. The van der Waals surface area contributed by atoms with Crippen LogP contribution in [0.15, 0.2) is 0 Å². The molecule has 0 aromatic carbocycles. The molecule has 0 saturated carbocycles. The number of hydrogen-bond donors (Lipinski definition) is 0. The van der Waals surface area contributed by atoms with Gasteiger partial charge in [-0.25, -0.2) is 4.39 Å². The molecule has 0 aromatic heterocycles. The molecule has 1 aliphatic heterocycles. The van der Waals surface area contributed by atoms with E-state index in [4.69, 9.17) is 33.3 Å². The van der Waals surface area contributed by atoms with Crippen LogP contribution in [-0.2, 0) is 13.9 Å². The molecule has 1 rings (SSSR count). The minimum absolute atomic E-state index is 0.0856. The molecule has 110 valence electrons. The van der Waals surface area contributed by atoms with Crippen LogP contribution in [-0.4, -0.2) is 53.2 Å². The molecule has 1 heterocycles. The van der Waals surface area contributed by atoms with Gasteiger partial charge >= 0.3 is 0 Å². The summed E-state index contributed by atoms with van der Waals surface area (Å²) in [5, 5.41) is 0.0890. The molecule has 1 saturated heterocycles. The van der Waals surface area contributed by atoms with Crippen molar-refractivity contribution >= 4 is 27.8 Å². The van der Waals surface area contributed by atoms with Crippen LogP contribution < -0.4 is 0 Å². The Morgan fingerprint density at radius 1 is 1.37 bits per heavy atom. The van der Waals surface area contributed by atoms with Gasteiger partial charge in [0.25, 0.3) is 0 Å². The van der Waals surface area contributed by atoms with Crippen LogP contribution in [0.25, 0.3) is 0 Å². The van der Waals surface area contributed by atoms with Gasteiger partial charge in [0, 0.05) is 0 Å². The number of ether oxygens (including phenoxy) is 2. The highest BCUT2D eigenvalue weighted by atomic mass is 35.5. The van der Waals surface area contributed by atoms with E-state index in [1.165, 1.54) is 0 Å². The first-order chi connectivity index (χ1) is 8.60. The Morgan fingerprint density at radius 3 is 2.42 bits per heavy atom. The summed E-state index contributed by atoms with van der Waals surface area (Å²) in [7, 11) is 3.65. The largest absolute Gasteiger partial charge is 0.414 e. The molecule has 0 aromatic rings. The third kappa shape index (κ3) is 4.17. The summed E-state index contributed by atoms with van der Waals surface area (Å²) in [6, 6.07) is -1.06. The Kier molecular flexibility index (Phi) is 5.90. The van der Waals surface area contributed by atoms with Gasteiger partial charge in [0.2, 0.25) is 0 Å². The van der Waals surface area contributed by atoms with E-state index in [-0.39, 0.29) is 17.7 Å². The standard InChI is InChI=1S/C12H23BClFO3Si/c1-12(2,3)19(4,5)17-6-8-10(16-7-14)9(15)11(13)18-8/h8-11H,6-7H2,1-5H3/t8?,9?,10?,11-/m1/s1. The van der Waals surface area contributed by atoms with E-state index in [0.29, 0.717) is 0 Å². The summed E-state index contributed by atoms with van der Waals surface area (Å²) >= 11 is 5.51. The average molecular weight is 309 g/mol. The molecular formula is C12H23BClFO3Si. The smallest absolute Gasteiger partial charge is 0.192 e. The molecule has 0 bridgehead atoms. The van der Waals surface area contributed by atoms with Crippen LogP contribution in [0.3, 0.4) is 0 Å². The second-order valence-corrected chi connectivity index (χ2v) is 11.4. The van der Waals surface area contributed by atoms with Crippen molar-refractivity contribution in [2.75, 3.05) is 12.7 Å². The van der Waals surface area contributed by atoms with Crippen molar-refractivity contribution in [2.45, 2.75) is 63.3 Å². The number of halogens is 2. The lowest BCUT2D eigenvalue weighted by Gasteiger charge is -2.37. The highest BCUT2D eigenvalue weighted by Crippen LogP contribution is 2.37. The fourth-order valence-corrected chi connectivity index (χ4v) is 2.82. The van der Waals surface area contributed by atoms with Gasteiger partial charge < -0.3 is 13.9 Å². The second kappa shape index (κ2) is 6.43. The van der Waals surface area contributed by atoms with Gasteiger partial charge in [-0.15, -0.1) is 0 Å². The predicted molar refractivity (Wildman–Crippen MR) is 78.1 cm³/mol. The zero-order chi connectivity index (χ0) is 14.8. The van der Waals surface area contributed by atoms with E-state index < -0.39 is 32.7 Å². The van der Waals surface area contributed by atoms with E-state index in [1.54, 1.807) is 0 Å².